The molecule has 16 heavy (non-hydrogen) atoms. The van der Waals surface area contributed by atoms with E-state index in [-0.39, 0.29) is 5.92 Å². The first-order chi connectivity index (χ1) is 7.43. The van der Waals surface area contributed by atoms with Crippen molar-refractivity contribution in [3.8, 4) is 0 Å². The summed E-state index contributed by atoms with van der Waals surface area (Å²) in [5, 5.41) is 20.2. The molecule has 0 amide bonds. The van der Waals surface area contributed by atoms with Gasteiger partial charge in [0.2, 0.25) is 0 Å². The number of aliphatic carboxylic acids is 1. The van der Waals surface area contributed by atoms with Crippen LogP contribution in [-0.2, 0) is 11.3 Å². The van der Waals surface area contributed by atoms with E-state index in [2.05, 4.69) is 29.4 Å². The second kappa shape index (κ2) is 5.05. The van der Waals surface area contributed by atoms with Crippen LogP contribution in [0.1, 0.15) is 39.4 Å². The first kappa shape index (κ1) is 12.6. The molecule has 0 aliphatic carbocycles. The summed E-state index contributed by atoms with van der Waals surface area (Å²) in [4.78, 5) is 10.8. The van der Waals surface area contributed by atoms with Crippen LogP contribution in [0.3, 0.4) is 0 Å². The summed E-state index contributed by atoms with van der Waals surface area (Å²) in [6, 6.07) is 0. The molecule has 1 aromatic heterocycles. The van der Waals surface area contributed by atoms with E-state index < -0.39 is 11.9 Å². The van der Waals surface area contributed by atoms with Crippen LogP contribution < -0.4 is 0 Å². The van der Waals surface area contributed by atoms with E-state index in [0.29, 0.717) is 12.5 Å². The Morgan fingerprint density at radius 2 is 2.00 bits per heavy atom. The molecular weight excluding hydrogens is 208 g/mol. The molecule has 6 heteroatoms. The van der Waals surface area contributed by atoms with Crippen molar-refractivity contribution in [3.63, 3.8) is 0 Å². The van der Waals surface area contributed by atoms with Crippen molar-refractivity contribution < 1.29 is 9.90 Å². The minimum absolute atomic E-state index is 0.219. The van der Waals surface area contributed by atoms with Crippen molar-refractivity contribution in [3.05, 3.63) is 5.82 Å². The number of hydrogen-bond donors (Lipinski definition) is 1. The Morgan fingerprint density at radius 1 is 1.38 bits per heavy atom. The summed E-state index contributed by atoms with van der Waals surface area (Å²) < 4.78 is 1.59. The van der Waals surface area contributed by atoms with Gasteiger partial charge >= 0.3 is 5.97 Å². The van der Waals surface area contributed by atoms with Crippen LogP contribution in [-0.4, -0.2) is 31.3 Å². The highest BCUT2D eigenvalue weighted by Gasteiger charge is 2.20. The zero-order chi connectivity index (χ0) is 12.3. The smallest absolute Gasteiger partial charge is 0.308 e. The van der Waals surface area contributed by atoms with Gasteiger partial charge in [-0.3, -0.25) is 4.79 Å². The third-order valence-electron chi connectivity index (χ3n) is 2.84. The quantitative estimate of drug-likeness (QED) is 0.814. The molecule has 1 N–H and O–H groups in total. The van der Waals surface area contributed by atoms with Crippen LogP contribution in [0.15, 0.2) is 0 Å². The second-order valence-corrected chi connectivity index (χ2v) is 4.49. The summed E-state index contributed by atoms with van der Waals surface area (Å²) in [6.07, 6.45) is 0. The molecule has 90 valence electrons. The zero-order valence-corrected chi connectivity index (χ0v) is 10.1. The van der Waals surface area contributed by atoms with Crippen LogP contribution in [0.2, 0.25) is 0 Å². The lowest BCUT2D eigenvalue weighted by Gasteiger charge is -2.15. The number of aromatic nitrogens is 4. The molecule has 0 aliphatic heterocycles. The van der Waals surface area contributed by atoms with E-state index in [1.54, 1.807) is 11.6 Å². The Morgan fingerprint density at radius 3 is 2.50 bits per heavy atom. The number of carbonyl (C=O) groups is 1. The number of nitrogens with zero attached hydrogens (tertiary/aromatic N) is 4. The molecule has 0 fully saturated rings. The van der Waals surface area contributed by atoms with Crippen molar-refractivity contribution in [2.24, 2.45) is 11.8 Å². The number of carboxylic acid groups (broad SMARTS) is 1. The van der Waals surface area contributed by atoms with Crippen molar-refractivity contribution in [1.82, 2.24) is 20.2 Å². The summed E-state index contributed by atoms with van der Waals surface area (Å²) in [5.41, 5.74) is 0. The minimum atomic E-state index is -0.835. The molecular formula is C10H18N4O2. The van der Waals surface area contributed by atoms with Crippen molar-refractivity contribution >= 4 is 5.97 Å². The van der Waals surface area contributed by atoms with E-state index in [0.717, 1.165) is 5.82 Å². The molecule has 2 unspecified atom stereocenters. The fourth-order valence-corrected chi connectivity index (χ4v) is 1.30. The van der Waals surface area contributed by atoms with E-state index in [4.69, 9.17) is 5.11 Å². The van der Waals surface area contributed by atoms with E-state index in [1.165, 1.54) is 0 Å². The largest absolute Gasteiger partial charge is 0.481 e. The molecule has 6 nitrogen and oxygen atoms in total. The van der Waals surface area contributed by atoms with Crippen molar-refractivity contribution in [2.45, 2.75) is 40.2 Å². The average molecular weight is 226 g/mol. The highest BCUT2D eigenvalue weighted by Crippen LogP contribution is 2.21. The minimum Gasteiger partial charge on any atom is -0.481 e. The fourth-order valence-electron chi connectivity index (χ4n) is 1.30. The van der Waals surface area contributed by atoms with Gasteiger partial charge in [-0.15, -0.1) is 5.10 Å². The van der Waals surface area contributed by atoms with Crippen LogP contribution in [0.25, 0.3) is 0 Å². The lowest BCUT2D eigenvalue weighted by molar-refractivity contribution is -0.141. The Balaban J connectivity index is 2.82. The molecule has 0 radical (unpaired) electrons. The van der Waals surface area contributed by atoms with Crippen LogP contribution in [0.4, 0.5) is 0 Å². The fraction of sp³-hybridized carbons (Fsp3) is 0.800. The Bertz CT molecular complexity index is 361. The summed E-state index contributed by atoms with van der Waals surface area (Å²) in [6.45, 7) is 8.18. The molecule has 0 saturated heterocycles. The maximum absolute atomic E-state index is 10.8. The standard InChI is InChI=1S/C10H18N4O2/c1-6(2)8(4)9-11-12-13-14(9)5-7(3)10(15)16/h6-8H,5H2,1-4H3,(H,15,16). The van der Waals surface area contributed by atoms with Crippen molar-refractivity contribution in [1.29, 1.82) is 0 Å². The second-order valence-electron chi connectivity index (χ2n) is 4.49. The third kappa shape index (κ3) is 2.77. The molecule has 0 aromatic carbocycles. The average Bonchev–Trinajstić information content (AvgIpc) is 2.64. The van der Waals surface area contributed by atoms with E-state index in [1.807, 2.05) is 6.92 Å². The highest BCUT2D eigenvalue weighted by molar-refractivity contribution is 5.69. The van der Waals surface area contributed by atoms with Crippen LogP contribution >= 0.6 is 0 Å². The molecule has 2 atom stereocenters. The molecule has 0 bridgehead atoms. The predicted molar refractivity (Wildman–Crippen MR) is 57.9 cm³/mol. The van der Waals surface area contributed by atoms with Gasteiger partial charge in [0, 0.05) is 5.92 Å². The summed E-state index contributed by atoms with van der Waals surface area (Å²) >= 11 is 0. The lowest BCUT2D eigenvalue weighted by Crippen LogP contribution is -2.21. The molecule has 0 spiro atoms. The first-order valence-corrected chi connectivity index (χ1v) is 5.42. The maximum atomic E-state index is 10.8. The first-order valence-electron chi connectivity index (χ1n) is 5.42. The Hall–Kier alpha value is -1.46. The van der Waals surface area contributed by atoms with Crippen LogP contribution in [0.5, 0.6) is 0 Å². The van der Waals surface area contributed by atoms with Crippen molar-refractivity contribution in [2.75, 3.05) is 0 Å². The summed E-state index contributed by atoms with van der Waals surface area (Å²) in [5.74, 6) is 0.0734. The topological polar surface area (TPSA) is 80.9 Å². The third-order valence-corrected chi connectivity index (χ3v) is 2.84. The molecule has 1 rings (SSSR count). The van der Waals surface area contributed by atoms with Gasteiger partial charge in [-0.2, -0.15) is 0 Å². The van der Waals surface area contributed by atoms with E-state index in [9.17, 15) is 4.79 Å². The lowest BCUT2D eigenvalue weighted by atomic mass is 9.97. The predicted octanol–water partition coefficient (Wildman–Crippen LogP) is 1.15. The van der Waals surface area contributed by atoms with Gasteiger partial charge in [0.05, 0.1) is 12.5 Å². The Labute approximate surface area is 94.7 Å². The van der Waals surface area contributed by atoms with Gasteiger partial charge in [-0.1, -0.05) is 27.7 Å². The Kier molecular flexibility index (Phi) is 3.98. The zero-order valence-electron chi connectivity index (χ0n) is 10.1. The van der Waals surface area contributed by atoms with Gasteiger partial charge in [-0.05, 0) is 16.3 Å². The van der Waals surface area contributed by atoms with Gasteiger partial charge in [0.15, 0.2) is 5.82 Å². The SMILES string of the molecule is CC(Cn1nnnc1C(C)C(C)C)C(=O)O. The molecule has 0 aliphatic rings. The molecule has 1 aromatic rings. The number of carboxylic acids is 1. The maximum Gasteiger partial charge on any atom is 0.308 e. The number of rotatable bonds is 5. The van der Waals surface area contributed by atoms with Gasteiger partial charge in [0.1, 0.15) is 0 Å². The van der Waals surface area contributed by atoms with Gasteiger partial charge in [-0.25, -0.2) is 4.68 Å². The van der Waals surface area contributed by atoms with Gasteiger partial charge < -0.3 is 5.11 Å². The molecule has 1 heterocycles. The highest BCUT2D eigenvalue weighted by atomic mass is 16.4. The number of hydrogen-bond acceptors (Lipinski definition) is 4. The van der Waals surface area contributed by atoms with Crippen LogP contribution in [0, 0.1) is 11.8 Å². The van der Waals surface area contributed by atoms with Gasteiger partial charge in [0.25, 0.3) is 0 Å². The summed E-state index contributed by atoms with van der Waals surface area (Å²) in [7, 11) is 0. The monoisotopic (exact) mass is 226 g/mol. The normalized spacial score (nSPS) is 15.1. The number of tetrazole rings is 1. The molecule has 0 saturated carbocycles. The van der Waals surface area contributed by atoms with E-state index >= 15 is 0 Å².